The molecule has 0 bridgehead atoms. The molecule has 0 aliphatic heterocycles. The Kier molecular flexibility index (Phi) is 4.81. The Balaban J connectivity index is 1.73. The van der Waals surface area contributed by atoms with Crippen molar-refractivity contribution >= 4 is 34.8 Å². The minimum Gasteiger partial charge on any atom is -0.459 e. The molecule has 6 nitrogen and oxygen atoms in total. The molecule has 0 fully saturated rings. The summed E-state index contributed by atoms with van der Waals surface area (Å²) in [4.78, 5) is 28.1. The van der Waals surface area contributed by atoms with Gasteiger partial charge in [-0.2, -0.15) is 0 Å². The van der Waals surface area contributed by atoms with Crippen LogP contribution in [0, 0.1) is 6.92 Å². The number of aryl methyl sites for hydroxylation is 1. The number of pyridine rings is 1. The number of hydrogen-bond acceptors (Lipinski definition) is 4. The Morgan fingerprint density at radius 3 is 2.60 bits per heavy atom. The van der Waals surface area contributed by atoms with Gasteiger partial charge in [0.2, 0.25) is 0 Å². The van der Waals surface area contributed by atoms with E-state index >= 15 is 0 Å². The van der Waals surface area contributed by atoms with Gasteiger partial charge in [0.05, 0.1) is 11.8 Å². The molecule has 0 aliphatic carbocycles. The van der Waals surface area contributed by atoms with Crippen molar-refractivity contribution in [3.05, 3.63) is 77.0 Å². The standard InChI is InChI=1S/C18H14ClN3O3/c1-11-10-12(21-17(23)13-4-2-8-20-16(13)19)6-7-14(11)22-18(24)15-5-3-9-25-15/h2-10H,1H3,(H,21,23)(H,22,24). The fourth-order valence-electron chi connectivity index (χ4n) is 2.23. The number of rotatable bonds is 4. The van der Waals surface area contributed by atoms with E-state index in [9.17, 15) is 9.59 Å². The van der Waals surface area contributed by atoms with Crippen LogP contribution >= 0.6 is 11.6 Å². The first kappa shape index (κ1) is 16.7. The summed E-state index contributed by atoms with van der Waals surface area (Å²) in [5.74, 6) is -0.472. The molecule has 2 heterocycles. The molecule has 0 spiro atoms. The van der Waals surface area contributed by atoms with Crippen LogP contribution in [0.4, 0.5) is 11.4 Å². The van der Waals surface area contributed by atoms with Crippen molar-refractivity contribution in [2.45, 2.75) is 6.92 Å². The fraction of sp³-hybridized carbons (Fsp3) is 0.0556. The van der Waals surface area contributed by atoms with Crippen LogP contribution in [0.2, 0.25) is 5.15 Å². The summed E-state index contributed by atoms with van der Waals surface area (Å²) in [6.07, 6.45) is 2.95. The van der Waals surface area contributed by atoms with E-state index in [0.29, 0.717) is 11.4 Å². The summed E-state index contributed by atoms with van der Waals surface area (Å²) in [6, 6.07) is 11.6. The summed E-state index contributed by atoms with van der Waals surface area (Å²) >= 11 is 5.92. The van der Waals surface area contributed by atoms with Crippen LogP contribution in [0.1, 0.15) is 26.5 Å². The Bertz CT molecular complexity index is 923. The van der Waals surface area contributed by atoms with Crippen LogP contribution in [0.15, 0.2) is 59.3 Å². The van der Waals surface area contributed by atoms with Gasteiger partial charge < -0.3 is 15.1 Å². The van der Waals surface area contributed by atoms with Crippen molar-refractivity contribution in [2.75, 3.05) is 10.6 Å². The molecule has 2 aromatic heterocycles. The second kappa shape index (κ2) is 7.19. The lowest BCUT2D eigenvalue weighted by Crippen LogP contribution is -2.14. The predicted molar refractivity (Wildman–Crippen MR) is 95.0 cm³/mol. The van der Waals surface area contributed by atoms with Gasteiger partial charge in [-0.3, -0.25) is 9.59 Å². The molecule has 0 unspecified atom stereocenters. The molecule has 7 heteroatoms. The van der Waals surface area contributed by atoms with Crippen LogP contribution in [-0.4, -0.2) is 16.8 Å². The van der Waals surface area contributed by atoms with Crippen LogP contribution in [0.5, 0.6) is 0 Å². The summed E-state index contributed by atoms with van der Waals surface area (Å²) < 4.78 is 5.06. The lowest BCUT2D eigenvalue weighted by Gasteiger charge is -2.11. The maximum Gasteiger partial charge on any atom is 0.291 e. The zero-order valence-corrected chi connectivity index (χ0v) is 14.0. The van der Waals surface area contributed by atoms with Crippen molar-refractivity contribution in [1.29, 1.82) is 0 Å². The van der Waals surface area contributed by atoms with Gasteiger partial charge in [0.15, 0.2) is 5.76 Å². The monoisotopic (exact) mass is 355 g/mol. The van der Waals surface area contributed by atoms with Crippen molar-refractivity contribution in [2.24, 2.45) is 0 Å². The predicted octanol–water partition coefficient (Wildman–Crippen LogP) is 4.14. The smallest absolute Gasteiger partial charge is 0.291 e. The van der Waals surface area contributed by atoms with Gasteiger partial charge in [-0.25, -0.2) is 4.98 Å². The molecule has 0 aliphatic rings. The number of benzene rings is 1. The Hall–Kier alpha value is -3.12. The Morgan fingerprint density at radius 1 is 1.08 bits per heavy atom. The third-order valence-electron chi connectivity index (χ3n) is 3.48. The van der Waals surface area contributed by atoms with Crippen LogP contribution in [-0.2, 0) is 0 Å². The summed E-state index contributed by atoms with van der Waals surface area (Å²) in [5, 5.41) is 5.65. The zero-order valence-electron chi connectivity index (χ0n) is 13.2. The van der Waals surface area contributed by atoms with Gasteiger partial charge in [0, 0.05) is 17.6 Å². The highest BCUT2D eigenvalue weighted by Gasteiger charge is 2.13. The lowest BCUT2D eigenvalue weighted by molar-refractivity contribution is 0.0994. The van der Waals surface area contributed by atoms with Gasteiger partial charge in [-0.05, 0) is 55.0 Å². The minimum atomic E-state index is -0.357. The van der Waals surface area contributed by atoms with Crippen LogP contribution in [0.25, 0.3) is 0 Å². The molecular weight excluding hydrogens is 342 g/mol. The summed E-state index contributed by atoms with van der Waals surface area (Å²) in [6.45, 7) is 1.82. The van der Waals surface area contributed by atoms with E-state index in [2.05, 4.69) is 15.6 Å². The largest absolute Gasteiger partial charge is 0.459 e. The number of amides is 2. The number of nitrogens with zero attached hydrogens (tertiary/aromatic N) is 1. The van der Waals surface area contributed by atoms with Crippen LogP contribution in [0.3, 0.4) is 0 Å². The average Bonchev–Trinajstić information content (AvgIpc) is 3.12. The molecule has 2 N–H and O–H groups in total. The number of aromatic nitrogens is 1. The normalized spacial score (nSPS) is 10.3. The molecule has 0 atom stereocenters. The first-order valence-electron chi connectivity index (χ1n) is 7.42. The third-order valence-corrected chi connectivity index (χ3v) is 3.78. The van der Waals surface area contributed by atoms with Crippen molar-refractivity contribution < 1.29 is 14.0 Å². The maximum atomic E-state index is 12.2. The van der Waals surface area contributed by atoms with E-state index in [-0.39, 0.29) is 28.3 Å². The van der Waals surface area contributed by atoms with E-state index < -0.39 is 0 Å². The van der Waals surface area contributed by atoms with E-state index in [1.54, 1.807) is 42.5 Å². The molecule has 0 saturated carbocycles. The number of carbonyl (C=O) groups excluding carboxylic acids is 2. The van der Waals surface area contributed by atoms with Gasteiger partial charge >= 0.3 is 0 Å². The molecule has 3 rings (SSSR count). The highest BCUT2D eigenvalue weighted by atomic mass is 35.5. The van der Waals surface area contributed by atoms with E-state index in [1.807, 2.05) is 6.92 Å². The fourth-order valence-corrected chi connectivity index (χ4v) is 2.43. The first-order valence-corrected chi connectivity index (χ1v) is 7.80. The van der Waals surface area contributed by atoms with E-state index in [1.165, 1.54) is 12.5 Å². The maximum absolute atomic E-state index is 12.2. The second-order valence-corrected chi connectivity index (χ2v) is 5.62. The third kappa shape index (κ3) is 3.87. The van der Waals surface area contributed by atoms with Gasteiger partial charge in [0.1, 0.15) is 5.15 Å². The molecular formula is C18H14ClN3O3. The summed E-state index contributed by atoms with van der Waals surface area (Å²) in [7, 11) is 0. The quantitative estimate of drug-likeness (QED) is 0.689. The SMILES string of the molecule is Cc1cc(NC(=O)c2cccnc2Cl)ccc1NC(=O)c1ccco1. The minimum absolute atomic E-state index is 0.138. The average molecular weight is 356 g/mol. The number of carbonyl (C=O) groups is 2. The highest BCUT2D eigenvalue weighted by Crippen LogP contribution is 2.22. The number of anilines is 2. The molecule has 0 radical (unpaired) electrons. The Morgan fingerprint density at radius 2 is 1.92 bits per heavy atom. The number of furan rings is 1. The molecule has 3 aromatic rings. The molecule has 1 aromatic carbocycles. The molecule has 126 valence electrons. The zero-order chi connectivity index (χ0) is 17.8. The van der Waals surface area contributed by atoms with Crippen molar-refractivity contribution in [3.63, 3.8) is 0 Å². The number of hydrogen-bond donors (Lipinski definition) is 2. The molecule has 25 heavy (non-hydrogen) atoms. The second-order valence-electron chi connectivity index (χ2n) is 5.26. The topological polar surface area (TPSA) is 84.2 Å². The summed E-state index contributed by atoms with van der Waals surface area (Å²) in [5.41, 5.74) is 2.28. The lowest BCUT2D eigenvalue weighted by atomic mass is 10.1. The van der Waals surface area contributed by atoms with Crippen molar-refractivity contribution in [1.82, 2.24) is 4.98 Å². The van der Waals surface area contributed by atoms with E-state index in [4.69, 9.17) is 16.0 Å². The van der Waals surface area contributed by atoms with Crippen molar-refractivity contribution in [3.8, 4) is 0 Å². The van der Waals surface area contributed by atoms with Gasteiger partial charge in [-0.15, -0.1) is 0 Å². The first-order chi connectivity index (χ1) is 12.0. The van der Waals surface area contributed by atoms with E-state index in [0.717, 1.165) is 5.56 Å². The number of nitrogens with one attached hydrogen (secondary N) is 2. The molecule has 0 saturated heterocycles. The highest BCUT2D eigenvalue weighted by molar-refractivity contribution is 6.33. The number of halogens is 1. The van der Waals surface area contributed by atoms with Gasteiger partial charge in [0.25, 0.3) is 11.8 Å². The molecule has 2 amide bonds. The van der Waals surface area contributed by atoms with Crippen LogP contribution < -0.4 is 10.6 Å². The Labute approximate surface area is 148 Å². The van der Waals surface area contributed by atoms with Gasteiger partial charge in [-0.1, -0.05) is 11.6 Å².